The van der Waals surface area contributed by atoms with Crippen molar-refractivity contribution in [1.82, 2.24) is 5.48 Å². The average Bonchev–Trinajstić information content (AvgIpc) is 2.79. The lowest BCUT2D eigenvalue weighted by molar-refractivity contribution is -0.131. The first kappa shape index (κ1) is 26.7. The standard InChI is InChI=1S/C27H39NO5/c1-7-27(8-2,21-9-11-23(19(3)15-21)32-14-13-26(4,5)6)22-10-12-24(20(16-22)17-29)33-18-25(30)28-31/h9-12,15-16,29,31H,7-8,13-14,17-18H2,1-6H3,(H,28,30). The van der Waals surface area contributed by atoms with Gasteiger partial charge in [-0.25, -0.2) is 5.48 Å². The van der Waals surface area contributed by atoms with Gasteiger partial charge in [0.15, 0.2) is 6.61 Å². The van der Waals surface area contributed by atoms with Gasteiger partial charge in [-0.3, -0.25) is 10.0 Å². The molecule has 6 nitrogen and oxygen atoms in total. The van der Waals surface area contributed by atoms with E-state index in [1.807, 2.05) is 12.1 Å². The normalized spacial score (nSPS) is 11.9. The van der Waals surface area contributed by atoms with Gasteiger partial charge in [-0.15, -0.1) is 0 Å². The van der Waals surface area contributed by atoms with Crippen LogP contribution in [0.2, 0.25) is 0 Å². The smallest absolute Gasteiger partial charge is 0.281 e. The van der Waals surface area contributed by atoms with Gasteiger partial charge in [-0.05, 0) is 66.5 Å². The monoisotopic (exact) mass is 457 g/mol. The van der Waals surface area contributed by atoms with Crippen molar-refractivity contribution < 1.29 is 24.6 Å². The van der Waals surface area contributed by atoms with Crippen LogP contribution in [0.15, 0.2) is 36.4 Å². The number of ether oxygens (including phenoxy) is 2. The lowest BCUT2D eigenvalue weighted by Gasteiger charge is -2.34. The Morgan fingerprint density at radius 3 is 2.09 bits per heavy atom. The van der Waals surface area contributed by atoms with Crippen molar-refractivity contribution in [3.05, 3.63) is 58.7 Å². The second-order valence-electron chi connectivity index (χ2n) is 9.73. The molecule has 3 N–H and O–H groups in total. The third kappa shape index (κ3) is 6.71. The molecule has 0 aliphatic carbocycles. The molecule has 0 aliphatic heterocycles. The average molecular weight is 458 g/mol. The van der Waals surface area contributed by atoms with Gasteiger partial charge in [0.25, 0.3) is 5.91 Å². The molecule has 1 amide bonds. The number of benzene rings is 2. The van der Waals surface area contributed by atoms with Crippen molar-refractivity contribution in [2.75, 3.05) is 13.2 Å². The summed E-state index contributed by atoms with van der Waals surface area (Å²) in [6, 6.07) is 12.1. The van der Waals surface area contributed by atoms with E-state index in [0.717, 1.165) is 36.1 Å². The highest BCUT2D eigenvalue weighted by atomic mass is 16.5. The summed E-state index contributed by atoms with van der Waals surface area (Å²) in [5, 5.41) is 18.6. The van der Waals surface area contributed by atoms with Crippen LogP contribution in [0.25, 0.3) is 0 Å². The lowest BCUT2D eigenvalue weighted by Crippen LogP contribution is -2.27. The van der Waals surface area contributed by atoms with Crippen LogP contribution in [0.1, 0.15) is 76.1 Å². The van der Waals surface area contributed by atoms with Gasteiger partial charge in [0.05, 0.1) is 13.2 Å². The van der Waals surface area contributed by atoms with Crippen LogP contribution in [-0.4, -0.2) is 29.4 Å². The van der Waals surface area contributed by atoms with Crippen molar-refractivity contribution >= 4 is 5.91 Å². The Morgan fingerprint density at radius 1 is 0.970 bits per heavy atom. The van der Waals surface area contributed by atoms with Gasteiger partial charge in [-0.2, -0.15) is 0 Å². The van der Waals surface area contributed by atoms with E-state index in [9.17, 15) is 9.90 Å². The fraction of sp³-hybridized carbons (Fsp3) is 0.519. The molecule has 182 valence electrons. The number of aryl methyl sites for hydroxylation is 1. The summed E-state index contributed by atoms with van der Waals surface area (Å²) in [4.78, 5) is 11.3. The zero-order valence-corrected chi connectivity index (χ0v) is 20.8. The fourth-order valence-corrected chi connectivity index (χ4v) is 4.13. The largest absolute Gasteiger partial charge is 0.493 e. The summed E-state index contributed by atoms with van der Waals surface area (Å²) < 4.78 is 11.5. The highest BCUT2D eigenvalue weighted by molar-refractivity contribution is 5.76. The van der Waals surface area contributed by atoms with Crippen molar-refractivity contribution in [2.45, 2.75) is 72.8 Å². The maximum absolute atomic E-state index is 11.3. The van der Waals surface area contributed by atoms with Crippen molar-refractivity contribution in [3.8, 4) is 11.5 Å². The van der Waals surface area contributed by atoms with E-state index in [1.54, 1.807) is 11.5 Å². The third-order valence-corrected chi connectivity index (χ3v) is 6.31. The molecule has 0 spiro atoms. The second kappa shape index (κ2) is 11.5. The lowest BCUT2D eigenvalue weighted by atomic mass is 9.70. The first-order valence-electron chi connectivity index (χ1n) is 11.6. The topological polar surface area (TPSA) is 88.0 Å². The van der Waals surface area contributed by atoms with Gasteiger partial charge in [-0.1, -0.05) is 52.8 Å². The maximum atomic E-state index is 11.3. The van der Waals surface area contributed by atoms with Gasteiger partial charge < -0.3 is 14.6 Å². The summed E-state index contributed by atoms with van der Waals surface area (Å²) in [5.41, 5.74) is 5.52. The number of aliphatic hydroxyl groups is 1. The molecular weight excluding hydrogens is 418 g/mol. The minimum atomic E-state index is -0.653. The van der Waals surface area contributed by atoms with E-state index in [-0.39, 0.29) is 24.0 Å². The van der Waals surface area contributed by atoms with E-state index in [2.05, 4.69) is 59.7 Å². The fourth-order valence-electron chi connectivity index (χ4n) is 4.13. The first-order chi connectivity index (χ1) is 15.6. The quantitative estimate of drug-likeness (QED) is 0.315. The number of hydrogen-bond donors (Lipinski definition) is 3. The molecule has 0 aliphatic rings. The van der Waals surface area contributed by atoms with Gasteiger partial charge in [0.2, 0.25) is 0 Å². The number of hydrogen-bond acceptors (Lipinski definition) is 5. The predicted molar refractivity (Wildman–Crippen MR) is 130 cm³/mol. The van der Waals surface area contributed by atoms with E-state index in [1.165, 1.54) is 5.56 Å². The van der Waals surface area contributed by atoms with Crippen molar-refractivity contribution in [2.24, 2.45) is 5.41 Å². The SMILES string of the molecule is CCC(CC)(c1ccc(OCCC(C)(C)C)c(C)c1)c1ccc(OCC(=O)NO)c(CO)c1. The van der Waals surface area contributed by atoms with E-state index >= 15 is 0 Å². The van der Waals surface area contributed by atoms with Gasteiger partial charge >= 0.3 is 0 Å². The summed E-state index contributed by atoms with van der Waals surface area (Å²) >= 11 is 0. The summed E-state index contributed by atoms with van der Waals surface area (Å²) in [7, 11) is 0. The molecule has 33 heavy (non-hydrogen) atoms. The molecular formula is C27H39NO5. The van der Waals surface area contributed by atoms with Crippen LogP contribution < -0.4 is 15.0 Å². The Hall–Kier alpha value is -2.57. The summed E-state index contributed by atoms with van der Waals surface area (Å²) in [5.74, 6) is 0.676. The van der Waals surface area contributed by atoms with Gasteiger partial charge in [0.1, 0.15) is 11.5 Å². The Labute approximate surface area is 197 Å². The van der Waals surface area contributed by atoms with Crippen LogP contribution in [0.3, 0.4) is 0 Å². The summed E-state index contributed by atoms with van der Waals surface area (Å²) in [6.45, 7) is 13.2. The minimum Gasteiger partial charge on any atom is -0.493 e. The molecule has 0 saturated carbocycles. The zero-order valence-electron chi connectivity index (χ0n) is 20.8. The zero-order chi connectivity index (χ0) is 24.6. The molecule has 0 fully saturated rings. The number of amides is 1. The van der Waals surface area contributed by atoms with E-state index in [4.69, 9.17) is 14.7 Å². The number of carbonyl (C=O) groups is 1. The van der Waals surface area contributed by atoms with E-state index < -0.39 is 5.91 Å². The molecule has 2 rings (SSSR count). The third-order valence-electron chi connectivity index (χ3n) is 6.31. The van der Waals surface area contributed by atoms with Gasteiger partial charge in [0, 0.05) is 11.0 Å². The van der Waals surface area contributed by atoms with Crippen LogP contribution >= 0.6 is 0 Å². The number of rotatable bonds is 11. The van der Waals surface area contributed by atoms with Crippen LogP contribution in [0.4, 0.5) is 0 Å². The molecule has 0 atom stereocenters. The molecule has 0 aromatic heterocycles. The molecule has 0 radical (unpaired) electrons. The molecule has 0 heterocycles. The summed E-state index contributed by atoms with van der Waals surface area (Å²) in [6.07, 6.45) is 2.75. The molecule has 0 unspecified atom stereocenters. The minimum absolute atomic E-state index is 0.215. The number of hydroxylamine groups is 1. The van der Waals surface area contributed by atoms with Crippen molar-refractivity contribution in [3.63, 3.8) is 0 Å². The number of carbonyl (C=O) groups excluding carboxylic acids is 1. The van der Waals surface area contributed by atoms with Crippen LogP contribution in [0, 0.1) is 12.3 Å². The molecule has 6 heteroatoms. The first-order valence-corrected chi connectivity index (χ1v) is 11.6. The second-order valence-corrected chi connectivity index (χ2v) is 9.73. The van der Waals surface area contributed by atoms with Crippen molar-refractivity contribution in [1.29, 1.82) is 0 Å². The number of aliphatic hydroxyl groups excluding tert-OH is 1. The Morgan fingerprint density at radius 2 is 1.58 bits per heavy atom. The van der Waals surface area contributed by atoms with Crippen LogP contribution in [-0.2, 0) is 16.8 Å². The number of nitrogens with one attached hydrogen (secondary N) is 1. The Bertz CT molecular complexity index is 929. The Kier molecular flexibility index (Phi) is 9.32. The maximum Gasteiger partial charge on any atom is 0.281 e. The highest BCUT2D eigenvalue weighted by Gasteiger charge is 2.32. The van der Waals surface area contributed by atoms with E-state index in [0.29, 0.717) is 17.9 Å². The Balaban J connectivity index is 2.35. The predicted octanol–water partition coefficient (Wildman–Crippen LogP) is 5.29. The molecule has 2 aromatic rings. The molecule has 0 saturated heterocycles. The van der Waals surface area contributed by atoms with Crippen LogP contribution in [0.5, 0.6) is 11.5 Å². The molecule has 2 aromatic carbocycles. The highest BCUT2D eigenvalue weighted by Crippen LogP contribution is 2.41. The molecule has 0 bridgehead atoms.